The van der Waals surface area contributed by atoms with Crippen LogP contribution >= 0.6 is 0 Å². The first-order chi connectivity index (χ1) is 21.9. The van der Waals surface area contributed by atoms with Gasteiger partial charge in [-0.05, 0) is 83.9 Å². The molecule has 6 rings (SSSR count). The average molecular weight is 651 g/mol. The lowest BCUT2D eigenvalue weighted by Gasteiger charge is -2.07. The number of sulfone groups is 1. The highest BCUT2D eigenvalue weighted by atomic mass is 32.2. The van der Waals surface area contributed by atoms with E-state index < -0.39 is 20.0 Å². The summed E-state index contributed by atoms with van der Waals surface area (Å²) < 4.78 is 56.4. The number of anilines is 2. The molecule has 0 aromatic heterocycles. The topological polar surface area (TPSA) is 190 Å². The summed E-state index contributed by atoms with van der Waals surface area (Å²) in [5, 5.41) is 19.7. The van der Waals surface area contributed by atoms with Crippen molar-refractivity contribution in [3.05, 3.63) is 109 Å². The minimum atomic E-state index is -4.38. The fourth-order valence-electron chi connectivity index (χ4n) is 4.90. The Morgan fingerprint density at radius 2 is 0.913 bits per heavy atom. The van der Waals surface area contributed by atoms with E-state index in [1.807, 2.05) is 48.5 Å². The Morgan fingerprint density at radius 3 is 1.33 bits per heavy atom. The molecule has 0 bridgehead atoms. The normalized spacial score (nSPS) is 12.5. The number of nitrogen functional groups attached to an aromatic ring is 2. The summed E-state index contributed by atoms with van der Waals surface area (Å²) in [5.41, 5.74) is 17.1. The molecule has 0 aliphatic heterocycles. The van der Waals surface area contributed by atoms with Gasteiger partial charge < -0.3 is 11.5 Å². The van der Waals surface area contributed by atoms with Crippen molar-refractivity contribution in [2.24, 2.45) is 20.5 Å². The molecule has 6 aromatic carbocycles. The summed E-state index contributed by atoms with van der Waals surface area (Å²) in [6.07, 6.45) is 1.15. The molecule has 0 amide bonds. The van der Waals surface area contributed by atoms with E-state index in [0.717, 1.165) is 17.4 Å². The number of rotatable bonds is 7. The van der Waals surface area contributed by atoms with E-state index in [1.165, 1.54) is 24.3 Å². The highest BCUT2D eigenvalue weighted by Gasteiger charge is 2.13. The van der Waals surface area contributed by atoms with Gasteiger partial charge in [-0.2, -0.15) is 18.6 Å². The SMILES string of the molecule is CS(=O)(=O)c1ccc2c(/N=N/c3ccc(-c4ccc(/N=N/c5ccc(N)c6cc(S(=O)(=O)O)ccc56)cc4)cc3)ccc(N)c2c1. The first-order valence-corrected chi connectivity index (χ1v) is 17.1. The van der Waals surface area contributed by atoms with Crippen molar-refractivity contribution in [3.8, 4) is 11.1 Å². The van der Waals surface area contributed by atoms with Crippen LogP contribution in [0.2, 0.25) is 0 Å². The molecule has 0 radical (unpaired) electrons. The number of benzene rings is 6. The molecule has 0 spiro atoms. The maximum absolute atomic E-state index is 12.0. The van der Waals surface area contributed by atoms with Gasteiger partial charge in [0.2, 0.25) is 0 Å². The van der Waals surface area contributed by atoms with Crippen molar-refractivity contribution >= 4 is 75.6 Å². The molecule has 230 valence electrons. The number of hydrogen-bond donors (Lipinski definition) is 3. The van der Waals surface area contributed by atoms with E-state index in [-0.39, 0.29) is 9.79 Å². The third-order valence-electron chi connectivity index (χ3n) is 7.34. The highest BCUT2D eigenvalue weighted by Crippen LogP contribution is 2.35. The lowest BCUT2D eigenvalue weighted by atomic mass is 10.1. The Kier molecular flexibility index (Phi) is 7.82. The molecule has 0 aliphatic rings. The van der Waals surface area contributed by atoms with Crippen LogP contribution in [-0.4, -0.2) is 27.6 Å². The molecule has 0 unspecified atom stereocenters. The van der Waals surface area contributed by atoms with E-state index in [0.29, 0.717) is 55.7 Å². The number of nitrogens with zero attached hydrogens (tertiary/aromatic N) is 4. The van der Waals surface area contributed by atoms with E-state index in [2.05, 4.69) is 20.5 Å². The van der Waals surface area contributed by atoms with Gasteiger partial charge in [0.25, 0.3) is 10.1 Å². The van der Waals surface area contributed by atoms with Gasteiger partial charge in [-0.15, -0.1) is 10.2 Å². The summed E-state index contributed by atoms with van der Waals surface area (Å²) in [4.78, 5) is -0.0726. The van der Waals surface area contributed by atoms with Crippen LogP contribution in [0.4, 0.5) is 34.1 Å². The number of hydrogen-bond acceptors (Lipinski definition) is 10. The summed E-state index contributed by atoms with van der Waals surface area (Å²) in [7, 11) is -7.76. The second kappa shape index (κ2) is 11.8. The summed E-state index contributed by atoms with van der Waals surface area (Å²) in [6, 6.07) is 30.6. The third kappa shape index (κ3) is 6.33. The number of azo groups is 2. The van der Waals surface area contributed by atoms with Gasteiger partial charge in [-0.25, -0.2) is 8.42 Å². The molecule has 0 fully saturated rings. The Balaban J connectivity index is 1.19. The average Bonchev–Trinajstić information content (AvgIpc) is 3.04. The lowest BCUT2D eigenvalue weighted by molar-refractivity contribution is 0.483. The molecular weight excluding hydrogens is 625 g/mol. The second-order valence-corrected chi connectivity index (χ2v) is 13.9. The maximum atomic E-state index is 12.0. The Bertz CT molecular complexity index is 2250. The third-order valence-corrected chi connectivity index (χ3v) is 9.30. The Labute approximate surface area is 264 Å². The molecule has 0 saturated heterocycles. The standard InChI is InChI=1S/C33H26N6O5S2/c1-45(40,41)24-10-12-26-28(18-24)30(34)14-16-32(26)38-36-22-6-2-20(3-7-22)21-4-8-23(9-5-21)37-39-33-17-15-31(35)29-19-25(46(42,43)44)11-13-27(29)33/h2-19H,34-35H2,1H3,(H,42,43,44)/b38-36+,39-37+. The lowest BCUT2D eigenvalue weighted by Crippen LogP contribution is -1.98. The van der Waals surface area contributed by atoms with Crippen LogP contribution in [0.3, 0.4) is 0 Å². The molecule has 6 aromatic rings. The molecule has 46 heavy (non-hydrogen) atoms. The predicted molar refractivity (Wildman–Crippen MR) is 180 cm³/mol. The smallest absolute Gasteiger partial charge is 0.294 e. The van der Waals surface area contributed by atoms with E-state index in [9.17, 15) is 21.4 Å². The zero-order chi connectivity index (χ0) is 32.6. The van der Waals surface area contributed by atoms with Crippen LogP contribution in [0.15, 0.2) is 139 Å². The molecule has 0 saturated carbocycles. The Morgan fingerprint density at radius 1 is 0.500 bits per heavy atom. The van der Waals surface area contributed by atoms with Crippen molar-refractivity contribution in [3.63, 3.8) is 0 Å². The summed E-state index contributed by atoms with van der Waals surface area (Å²) in [6.45, 7) is 0. The van der Waals surface area contributed by atoms with Crippen molar-refractivity contribution < 1.29 is 21.4 Å². The van der Waals surface area contributed by atoms with Crippen LogP contribution in [0, 0.1) is 0 Å². The van der Waals surface area contributed by atoms with Crippen molar-refractivity contribution in [2.75, 3.05) is 17.7 Å². The number of fused-ring (bicyclic) bond motifs is 2. The molecule has 13 heteroatoms. The fraction of sp³-hybridized carbons (Fsp3) is 0.0303. The molecular formula is C33H26N6O5S2. The van der Waals surface area contributed by atoms with Crippen molar-refractivity contribution in [1.29, 1.82) is 0 Å². The fourth-order valence-corrected chi connectivity index (χ4v) is 6.05. The first kappa shape index (κ1) is 30.5. The minimum Gasteiger partial charge on any atom is -0.398 e. The highest BCUT2D eigenvalue weighted by molar-refractivity contribution is 7.90. The van der Waals surface area contributed by atoms with E-state index in [1.54, 1.807) is 36.4 Å². The second-order valence-electron chi connectivity index (χ2n) is 10.5. The van der Waals surface area contributed by atoms with Crippen LogP contribution in [0.25, 0.3) is 32.7 Å². The van der Waals surface area contributed by atoms with Crippen LogP contribution in [0.1, 0.15) is 0 Å². The number of nitrogens with two attached hydrogens (primary N) is 2. The van der Waals surface area contributed by atoms with Crippen LogP contribution in [0.5, 0.6) is 0 Å². The first-order valence-electron chi connectivity index (χ1n) is 13.7. The molecule has 11 nitrogen and oxygen atoms in total. The van der Waals surface area contributed by atoms with Gasteiger partial charge in [0.1, 0.15) is 0 Å². The van der Waals surface area contributed by atoms with Crippen molar-refractivity contribution in [2.45, 2.75) is 9.79 Å². The molecule has 5 N–H and O–H groups in total. The summed E-state index contributed by atoms with van der Waals surface area (Å²) in [5.74, 6) is 0. The van der Waals surface area contributed by atoms with Gasteiger partial charge in [0.15, 0.2) is 9.84 Å². The largest absolute Gasteiger partial charge is 0.398 e. The molecule has 0 atom stereocenters. The van der Waals surface area contributed by atoms with Gasteiger partial charge in [-0.3, -0.25) is 4.55 Å². The van der Waals surface area contributed by atoms with E-state index >= 15 is 0 Å². The monoisotopic (exact) mass is 650 g/mol. The Hall–Kier alpha value is -5.50. The zero-order valence-corrected chi connectivity index (χ0v) is 25.9. The minimum absolute atomic E-state index is 0.182. The molecule has 0 heterocycles. The van der Waals surface area contributed by atoms with Gasteiger partial charge in [0, 0.05) is 39.2 Å². The maximum Gasteiger partial charge on any atom is 0.294 e. The van der Waals surface area contributed by atoms with Crippen LogP contribution in [-0.2, 0) is 20.0 Å². The van der Waals surface area contributed by atoms with Crippen molar-refractivity contribution in [1.82, 2.24) is 0 Å². The van der Waals surface area contributed by atoms with Gasteiger partial charge in [0.05, 0.1) is 32.5 Å². The van der Waals surface area contributed by atoms with Gasteiger partial charge >= 0.3 is 0 Å². The van der Waals surface area contributed by atoms with Crippen LogP contribution < -0.4 is 11.5 Å². The zero-order valence-electron chi connectivity index (χ0n) is 24.2. The quantitative estimate of drug-likeness (QED) is 0.0879. The van der Waals surface area contributed by atoms with E-state index in [4.69, 9.17) is 11.5 Å². The molecule has 0 aliphatic carbocycles. The van der Waals surface area contributed by atoms with Gasteiger partial charge in [-0.1, -0.05) is 36.4 Å². The summed E-state index contributed by atoms with van der Waals surface area (Å²) >= 11 is 0. The predicted octanol–water partition coefficient (Wildman–Crippen LogP) is 8.31.